The van der Waals surface area contributed by atoms with Gasteiger partial charge in [0, 0.05) is 36.9 Å². The molecule has 1 fully saturated rings. The number of carbonyl (C=O) groups is 2. The van der Waals surface area contributed by atoms with Gasteiger partial charge in [-0.3, -0.25) is 9.59 Å². The fourth-order valence-electron chi connectivity index (χ4n) is 5.04. The van der Waals surface area contributed by atoms with Gasteiger partial charge in [-0.05, 0) is 76.4 Å². The number of benzene rings is 1. The molecule has 4 rings (SSSR count). The predicted molar refractivity (Wildman–Crippen MR) is 121 cm³/mol. The first-order valence-electron chi connectivity index (χ1n) is 11.6. The fraction of sp³-hybridized carbons (Fsp3) is 0.520. The molecule has 1 unspecified atom stereocenters. The minimum Gasteiger partial charge on any atom is -0.491 e. The number of hydrogen-bond acceptors (Lipinski definition) is 4. The molecule has 1 spiro atoms. The Balaban J connectivity index is 1.52. The van der Waals surface area contributed by atoms with Gasteiger partial charge in [0.05, 0.1) is 17.3 Å². The third-order valence-electron chi connectivity index (χ3n) is 6.76. The molecule has 1 N–H and O–H groups in total. The number of ether oxygens (including phenoxy) is 1. The summed E-state index contributed by atoms with van der Waals surface area (Å²) < 4.78 is 46.7. The van der Waals surface area contributed by atoms with E-state index < -0.39 is 17.5 Å². The lowest BCUT2D eigenvalue weighted by Crippen LogP contribution is -2.57. The summed E-state index contributed by atoms with van der Waals surface area (Å²) in [6, 6.07) is 8.01. The molecule has 3 heterocycles. The number of halogens is 3. The summed E-state index contributed by atoms with van der Waals surface area (Å²) in [5, 5.41) is 3.50. The zero-order valence-electron chi connectivity index (χ0n) is 19.8. The first-order chi connectivity index (χ1) is 15.9. The van der Waals surface area contributed by atoms with E-state index in [-0.39, 0.29) is 23.7 Å². The Morgan fingerprint density at radius 2 is 1.82 bits per heavy atom. The maximum atomic E-state index is 13.1. The smallest absolute Gasteiger partial charge is 0.456 e. The number of Topliss-reactive ketones (excluding diaryl/α,β-unsaturated/α-hetero) is 1. The van der Waals surface area contributed by atoms with Crippen molar-refractivity contribution in [2.45, 2.75) is 64.4 Å². The second kappa shape index (κ2) is 8.76. The lowest BCUT2D eigenvalue weighted by Gasteiger charge is -2.47. The van der Waals surface area contributed by atoms with Gasteiger partial charge >= 0.3 is 6.18 Å². The number of nitrogens with one attached hydrogen (secondary N) is 1. The third-order valence-corrected chi connectivity index (χ3v) is 6.76. The molecule has 34 heavy (non-hydrogen) atoms. The van der Waals surface area contributed by atoms with E-state index in [0.717, 1.165) is 11.3 Å². The van der Waals surface area contributed by atoms with E-state index in [9.17, 15) is 22.8 Å². The largest absolute Gasteiger partial charge is 0.491 e. The lowest BCUT2D eigenvalue weighted by atomic mass is 9.82. The molecule has 2 aliphatic rings. The Hall–Kier alpha value is -2.81. The number of piperidine rings is 1. The molecule has 1 aromatic heterocycles. The van der Waals surface area contributed by atoms with Crippen molar-refractivity contribution >= 4 is 11.7 Å². The number of nitrogens with zero attached hydrogens (tertiary/aromatic N) is 2. The molecule has 1 saturated heterocycles. The number of hydrogen-bond donors (Lipinski definition) is 1. The molecule has 9 heteroatoms. The highest BCUT2D eigenvalue weighted by molar-refractivity contribution is 5.99. The van der Waals surface area contributed by atoms with E-state index in [1.165, 1.54) is 10.6 Å². The summed E-state index contributed by atoms with van der Waals surface area (Å²) in [4.78, 5) is 26.9. The summed E-state index contributed by atoms with van der Waals surface area (Å²) in [6.45, 7) is 8.95. The highest BCUT2D eigenvalue weighted by atomic mass is 19.4. The number of rotatable bonds is 4. The van der Waals surface area contributed by atoms with E-state index in [0.29, 0.717) is 43.7 Å². The van der Waals surface area contributed by atoms with Crippen LogP contribution in [0.15, 0.2) is 30.3 Å². The minimum atomic E-state index is -4.92. The Kier molecular flexibility index (Phi) is 6.27. The molecule has 0 aliphatic carbocycles. The topological polar surface area (TPSA) is 63.6 Å². The standard InChI is InChI=1S/C25H30F3N3O3/c1-15(2)34-20-7-5-18(13-16(20)3)23(33)30-11-9-24(10-12-30)21-8-6-19(22(32)25(26,27)28)31(21)17(4)14-29-24/h5-8,13,15,17,29H,9-12,14H2,1-4H3. The van der Waals surface area contributed by atoms with Gasteiger partial charge in [0.2, 0.25) is 0 Å². The summed E-state index contributed by atoms with van der Waals surface area (Å²) in [5.74, 6) is -1.16. The fourth-order valence-corrected chi connectivity index (χ4v) is 5.04. The summed E-state index contributed by atoms with van der Waals surface area (Å²) in [5.41, 5.74) is 1.25. The van der Waals surface area contributed by atoms with Crippen LogP contribution in [0.2, 0.25) is 0 Å². The Morgan fingerprint density at radius 1 is 1.15 bits per heavy atom. The van der Waals surface area contributed by atoms with Crippen LogP contribution in [0.1, 0.15) is 71.8 Å². The molecule has 184 valence electrons. The zero-order valence-corrected chi connectivity index (χ0v) is 19.8. The Bertz CT molecular complexity index is 1100. The summed E-state index contributed by atoms with van der Waals surface area (Å²) >= 11 is 0. The average molecular weight is 478 g/mol. The van der Waals surface area contributed by atoms with Crippen LogP contribution in [0.3, 0.4) is 0 Å². The molecule has 1 atom stereocenters. The van der Waals surface area contributed by atoms with E-state index >= 15 is 0 Å². The second-order valence-electron chi connectivity index (χ2n) is 9.55. The minimum absolute atomic E-state index is 0.0372. The first-order valence-corrected chi connectivity index (χ1v) is 11.6. The molecule has 6 nitrogen and oxygen atoms in total. The van der Waals surface area contributed by atoms with Crippen LogP contribution < -0.4 is 10.1 Å². The molecule has 1 amide bonds. The number of aryl methyl sites for hydroxylation is 1. The van der Waals surface area contributed by atoms with Crippen molar-refractivity contribution in [1.82, 2.24) is 14.8 Å². The number of amides is 1. The van der Waals surface area contributed by atoms with E-state index in [4.69, 9.17) is 4.74 Å². The van der Waals surface area contributed by atoms with Crippen LogP contribution in [0.5, 0.6) is 5.75 Å². The number of carbonyl (C=O) groups excluding carboxylic acids is 2. The van der Waals surface area contributed by atoms with Crippen molar-refractivity contribution in [1.29, 1.82) is 0 Å². The van der Waals surface area contributed by atoms with Crippen LogP contribution in [0.25, 0.3) is 0 Å². The number of likely N-dealkylation sites (tertiary alicyclic amines) is 1. The SMILES string of the molecule is Cc1cc(C(=O)N2CCC3(CC2)NCC(C)n2c(C(=O)C(F)(F)F)ccc23)ccc1OC(C)C. The lowest BCUT2D eigenvalue weighted by molar-refractivity contribution is -0.0892. The number of alkyl halides is 3. The maximum Gasteiger partial charge on any atom is 0.456 e. The second-order valence-corrected chi connectivity index (χ2v) is 9.55. The van der Waals surface area contributed by atoms with Crippen molar-refractivity contribution in [3.63, 3.8) is 0 Å². The van der Waals surface area contributed by atoms with E-state index in [2.05, 4.69) is 5.32 Å². The van der Waals surface area contributed by atoms with Crippen molar-refractivity contribution < 1.29 is 27.5 Å². The van der Waals surface area contributed by atoms with Gasteiger partial charge in [0.1, 0.15) is 5.75 Å². The predicted octanol–water partition coefficient (Wildman–Crippen LogP) is 4.62. The average Bonchev–Trinajstić information content (AvgIpc) is 3.23. The van der Waals surface area contributed by atoms with Crippen LogP contribution in [0, 0.1) is 6.92 Å². The maximum absolute atomic E-state index is 13.1. The van der Waals surface area contributed by atoms with Gasteiger partial charge in [0.15, 0.2) is 0 Å². The van der Waals surface area contributed by atoms with Gasteiger partial charge < -0.3 is 19.5 Å². The highest BCUT2D eigenvalue weighted by Crippen LogP contribution is 2.40. The monoisotopic (exact) mass is 477 g/mol. The molecule has 2 aliphatic heterocycles. The highest BCUT2D eigenvalue weighted by Gasteiger charge is 2.47. The van der Waals surface area contributed by atoms with Crippen LogP contribution >= 0.6 is 0 Å². The molecule has 2 aromatic rings. The van der Waals surface area contributed by atoms with Crippen molar-refractivity contribution in [3.05, 3.63) is 52.8 Å². The summed E-state index contributed by atoms with van der Waals surface area (Å²) in [6.07, 6.45) is -3.79. The summed E-state index contributed by atoms with van der Waals surface area (Å²) in [7, 11) is 0. The van der Waals surface area contributed by atoms with Gasteiger partial charge in [-0.2, -0.15) is 13.2 Å². The van der Waals surface area contributed by atoms with Gasteiger partial charge in [-0.15, -0.1) is 0 Å². The van der Waals surface area contributed by atoms with E-state index in [1.54, 1.807) is 24.0 Å². The van der Waals surface area contributed by atoms with Gasteiger partial charge in [-0.25, -0.2) is 0 Å². The molecule has 0 bridgehead atoms. The quantitative estimate of drug-likeness (QED) is 0.653. The van der Waals surface area contributed by atoms with Gasteiger partial charge in [0.25, 0.3) is 11.7 Å². The Labute approximate surface area is 197 Å². The van der Waals surface area contributed by atoms with Crippen molar-refractivity contribution in [2.24, 2.45) is 0 Å². The van der Waals surface area contributed by atoms with E-state index in [1.807, 2.05) is 32.9 Å². The number of fused-ring (bicyclic) bond motifs is 2. The zero-order chi connectivity index (χ0) is 24.8. The normalized spacial score (nSPS) is 19.9. The third kappa shape index (κ3) is 4.33. The number of aromatic nitrogens is 1. The molecular weight excluding hydrogens is 447 g/mol. The van der Waals surface area contributed by atoms with Gasteiger partial charge in [-0.1, -0.05) is 0 Å². The van der Waals surface area contributed by atoms with Crippen LogP contribution in [-0.2, 0) is 5.54 Å². The van der Waals surface area contributed by atoms with Crippen molar-refractivity contribution in [2.75, 3.05) is 19.6 Å². The van der Waals surface area contributed by atoms with Crippen LogP contribution in [-0.4, -0.2) is 53.1 Å². The number of ketones is 1. The molecular formula is C25H30F3N3O3. The first kappa shape index (κ1) is 24.3. The Morgan fingerprint density at radius 3 is 2.41 bits per heavy atom. The molecule has 0 saturated carbocycles. The van der Waals surface area contributed by atoms with Crippen molar-refractivity contribution in [3.8, 4) is 5.75 Å². The molecule has 0 radical (unpaired) electrons. The van der Waals surface area contributed by atoms with Crippen LogP contribution in [0.4, 0.5) is 13.2 Å². The molecule has 1 aromatic carbocycles.